The fraction of sp³-hybridized carbons (Fsp3) is 0.647. The highest BCUT2D eigenvalue weighted by molar-refractivity contribution is 5.79. The molecule has 0 N–H and O–H groups in total. The second kappa shape index (κ2) is 6.37. The van der Waals surface area contributed by atoms with Crippen molar-refractivity contribution >= 4 is 17.4 Å². The Morgan fingerprint density at radius 1 is 1.33 bits per heavy atom. The SMILES string of the molecule is CCOC(=O)C1(C(C)C)CCN(c2ccc3nnc(CC)n3n2)C1. The molecular weight excluding hydrogens is 306 g/mol. The Morgan fingerprint density at radius 2 is 2.12 bits per heavy atom. The molecule has 0 saturated carbocycles. The van der Waals surface area contributed by atoms with E-state index in [-0.39, 0.29) is 11.9 Å². The third-order valence-corrected chi connectivity index (χ3v) is 5.04. The van der Waals surface area contributed by atoms with E-state index in [9.17, 15) is 4.79 Å². The van der Waals surface area contributed by atoms with Crippen LogP contribution in [0.15, 0.2) is 12.1 Å². The van der Waals surface area contributed by atoms with Gasteiger partial charge in [-0.3, -0.25) is 4.79 Å². The van der Waals surface area contributed by atoms with Gasteiger partial charge in [0.05, 0.1) is 12.0 Å². The minimum Gasteiger partial charge on any atom is -0.466 e. The second-order valence-corrected chi connectivity index (χ2v) is 6.63. The normalized spacial score (nSPS) is 21.0. The lowest BCUT2D eigenvalue weighted by Crippen LogP contribution is -2.40. The molecule has 1 saturated heterocycles. The highest BCUT2D eigenvalue weighted by atomic mass is 16.5. The fourth-order valence-corrected chi connectivity index (χ4v) is 3.39. The van der Waals surface area contributed by atoms with Crippen molar-refractivity contribution in [2.45, 2.75) is 40.5 Å². The lowest BCUT2D eigenvalue weighted by Gasteiger charge is -2.31. The van der Waals surface area contributed by atoms with Crippen LogP contribution in [0.3, 0.4) is 0 Å². The summed E-state index contributed by atoms with van der Waals surface area (Å²) in [6, 6.07) is 3.87. The zero-order valence-electron chi connectivity index (χ0n) is 14.8. The van der Waals surface area contributed by atoms with Crippen molar-refractivity contribution in [3.8, 4) is 0 Å². The van der Waals surface area contributed by atoms with E-state index >= 15 is 0 Å². The standard InChI is InChI=1S/C17H25N5O2/c1-5-13-18-19-14-7-8-15(20-22(13)14)21-10-9-17(11-21,12(3)4)16(23)24-6-2/h7-8,12H,5-6,9-11H2,1-4H3. The predicted octanol–water partition coefficient (Wildman–Crippen LogP) is 2.10. The number of rotatable bonds is 5. The van der Waals surface area contributed by atoms with E-state index in [0.29, 0.717) is 13.2 Å². The average Bonchev–Trinajstić information content (AvgIpc) is 3.19. The Hall–Kier alpha value is -2.18. The molecule has 1 aliphatic rings. The predicted molar refractivity (Wildman–Crippen MR) is 90.9 cm³/mol. The van der Waals surface area contributed by atoms with Crippen molar-refractivity contribution in [3.63, 3.8) is 0 Å². The number of aromatic nitrogens is 4. The first kappa shape index (κ1) is 16.7. The summed E-state index contributed by atoms with van der Waals surface area (Å²) in [4.78, 5) is 14.7. The third kappa shape index (κ3) is 2.61. The van der Waals surface area contributed by atoms with Gasteiger partial charge in [0, 0.05) is 19.5 Å². The van der Waals surface area contributed by atoms with Crippen LogP contribution in [0.1, 0.15) is 39.9 Å². The zero-order chi connectivity index (χ0) is 17.3. The number of carbonyl (C=O) groups excluding carboxylic acids is 1. The molecule has 24 heavy (non-hydrogen) atoms. The van der Waals surface area contributed by atoms with Gasteiger partial charge in [-0.05, 0) is 31.4 Å². The molecule has 0 amide bonds. The number of nitrogens with zero attached hydrogens (tertiary/aromatic N) is 5. The Kier molecular flexibility index (Phi) is 4.43. The van der Waals surface area contributed by atoms with Gasteiger partial charge in [-0.25, -0.2) is 0 Å². The van der Waals surface area contributed by atoms with E-state index in [1.807, 2.05) is 26.0 Å². The van der Waals surface area contributed by atoms with Gasteiger partial charge in [-0.2, -0.15) is 4.52 Å². The highest BCUT2D eigenvalue weighted by Crippen LogP contribution is 2.40. The molecule has 3 rings (SSSR count). The molecule has 0 aliphatic carbocycles. The molecule has 1 atom stereocenters. The van der Waals surface area contributed by atoms with E-state index in [0.717, 1.165) is 36.7 Å². The van der Waals surface area contributed by atoms with E-state index in [1.165, 1.54) is 0 Å². The number of aryl methyl sites for hydroxylation is 1. The van der Waals surface area contributed by atoms with Crippen molar-refractivity contribution in [3.05, 3.63) is 18.0 Å². The summed E-state index contributed by atoms with van der Waals surface area (Å²) in [5.74, 6) is 1.81. The fourth-order valence-electron chi connectivity index (χ4n) is 3.39. The number of carbonyl (C=O) groups is 1. The van der Waals surface area contributed by atoms with Gasteiger partial charge >= 0.3 is 5.97 Å². The van der Waals surface area contributed by atoms with Crippen molar-refractivity contribution in [1.82, 2.24) is 19.8 Å². The number of hydrogen-bond donors (Lipinski definition) is 0. The van der Waals surface area contributed by atoms with Gasteiger partial charge < -0.3 is 9.64 Å². The monoisotopic (exact) mass is 331 g/mol. The first-order valence-electron chi connectivity index (χ1n) is 8.65. The Bertz CT molecular complexity index is 742. The van der Waals surface area contributed by atoms with Crippen LogP contribution in [0.2, 0.25) is 0 Å². The van der Waals surface area contributed by atoms with Gasteiger partial charge in [0.1, 0.15) is 5.82 Å². The highest BCUT2D eigenvalue weighted by Gasteiger charge is 2.48. The molecule has 2 aromatic heterocycles. The summed E-state index contributed by atoms with van der Waals surface area (Å²) in [5.41, 5.74) is 0.281. The number of fused-ring (bicyclic) bond motifs is 1. The van der Waals surface area contributed by atoms with Gasteiger partial charge in [0.25, 0.3) is 0 Å². The van der Waals surface area contributed by atoms with Crippen LogP contribution in [0, 0.1) is 11.3 Å². The van der Waals surface area contributed by atoms with Crippen molar-refractivity contribution in [2.24, 2.45) is 11.3 Å². The number of esters is 1. The molecule has 130 valence electrons. The molecular formula is C17H25N5O2. The van der Waals surface area contributed by atoms with Gasteiger partial charge in [0.15, 0.2) is 11.5 Å². The first-order chi connectivity index (χ1) is 11.5. The number of hydrogen-bond acceptors (Lipinski definition) is 6. The van der Waals surface area contributed by atoms with Crippen molar-refractivity contribution in [2.75, 3.05) is 24.6 Å². The van der Waals surface area contributed by atoms with Crippen LogP contribution in [0.25, 0.3) is 5.65 Å². The van der Waals surface area contributed by atoms with Crippen molar-refractivity contribution in [1.29, 1.82) is 0 Å². The van der Waals surface area contributed by atoms with Crippen LogP contribution >= 0.6 is 0 Å². The van der Waals surface area contributed by atoms with Gasteiger partial charge in [-0.1, -0.05) is 20.8 Å². The Labute approximate surface area is 142 Å². The molecule has 1 unspecified atom stereocenters. The van der Waals surface area contributed by atoms with Crippen molar-refractivity contribution < 1.29 is 9.53 Å². The smallest absolute Gasteiger partial charge is 0.314 e. The van der Waals surface area contributed by atoms with E-state index in [2.05, 4.69) is 34.0 Å². The Morgan fingerprint density at radius 3 is 2.79 bits per heavy atom. The quantitative estimate of drug-likeness (QED) is 0.781. The topological polar surface area (TPSA) is 72.6 Å². The molecule has 0 spiro atoms. The maximum Gasteiger partial charge on any atom is 0.314 e. The summed E-state index contributed by atoms with van der Waals surface area (Å²) >= 11 is 0. The molecule has 1 fully saturated rings. The van der Waals surface area contributed by atoms with Crippen LogP contribution in [-0.4, -0.2) is 45.5 Å². The minimum absolute atomic E-state index is 0.0953. The third-order valence-electron chi connectivity index (χ3n) is 5.04. The maximum atomic E-state index is 12.6. The van der Waals surface area contributed by atoms with Crippen LogP contribution in [0.4, 0.5) is 5.82 Å². The molecule has 0 radical (unpaired) electrons. The first-order valence-corrected chi connectivity index (χ1v) is 8.65. The number of anilines is 1. The molecule has 0 bridgehead atoms. The van der Waals surface area contributed by atoms with Crippen LogP contribution in [0.5, 0.6) is 0 Å². The summed E-state index contributed by atoms with van der Waals surface area (Å²) in [5, 5.41) is 13.0. The summed E-state index contributed by atoms with van der Waals surface area (Å²) < 4.78 is 7.14. The second-order valence-electron chi connectivity index (χ2n) is 6.63. The molecule has 7 nitrogen and oxygen atoms in total. The molecule has 0 aromatic carbocycles. The summed E-state index contributed by atoms with van der Waals surface area (Å²) in [6.45, 7) is 9.90. The lowest BCUT2D eigenvalue weighted by molar-refractivity contribution is -0.156. The van der Waals surface area contributed by atoms with E-state index < -0.39 is 5.41 Å². The Balaban J connectivity index is 1.90. The zero-order valence-corrected chi connectivity index (χ0v) is 14.8. The summed E-state index contributed by atoms with van der Waals surface area (Å²) in [7, 11) is 0. The molecule has 1 aliphatic heterocycles. The van der Waals surface area contributed by atoms with Crippen LogP contribution in [-0.2, 0) is 16.0 Å². The molecule has 2 aromatic rings. The molecule has 7 heteroatoms. The van der Waals surface area contributed by atoms with E-state index in [1.54, 1.807) is 4.52 Å². The van der Waals surface area contributed by atoms with E-state index in [4.69, 9.17) is 4.74 Å². The van der Waals surface area contributed by atoms with Gasteiger partial charge in [0.2, 0.25) is 0 Å². The largest absolute Gasteiger partial charge is 0.466 e. The average molecular weight is 331 g/mol. The van der Waals surface area contributed by atoms with Crippen LogP contribution < -0.4 is 4.90 Å². The minimum atomic E-state index is -0.465. The number of ether oxygens (including phenoxy) is 1. The lowest BCUT2D eigenvalue weighted by atomic mass is 9.76. The maximum absolute atomic E-state index is 12.6. The van der Waals surface area contributed by atoms with Gasteiger partial charge in [-0.15, -0.1) is 15.3 Å². The summed E-state index contributed by atoms with van der Waals surface area (Å²) in [6.07, 6.45) is 1.56. The molecule has 3 heterocycles.